The number of allylic oxidation sites excluding steroid dienone is 5. The van der Waals surface area contributed by atoms with Gasteiger partial charge < -0.3 is 4.90 Å². The van der Waals surface area contributed by atoms with Crippen molar-refractivity contribution < 1.29 is 0 Å². The number of nitrogens with zero attached hydrogens (tertiary/aromatic N) is 1. The van der Waals surface area contributed by atoms with Crippen LogP contribution in [0.25, 0.3) is 5.57 Å². The van der Waals surface area contributed by atoms with E-state index in [1.165, 1.54) is 34.4 Å². The van der Waals surface area contributed by atoms with Crippen LogP contribution in [-0.4, -0.2) is 4.90 Å². The number of rotatable bonds is 9. The molecular weight excluding hydrogens is 314 g/mol. The number of benzene rings is 1. The van der Waals surface area contributed by atoms with E-state index in [0.717, 1.165) is 13.0 Å². The molecule has 26 heavy (non-hydrogen) atoms. The molecule has 144 valence electrons. The summed E-state index contributed by atoms with van der Waals surface area (Å²) in [4.78, 5) is 2.36. The predicted molar refractivity (Wildman–Crippen MR) is 118 cm³/mol. The second-order valence-electron chi connectivity index (χ2n) is 7.50. The Kier molecular flexibility index (Phi) is 9.48. The summed E-state index contributed by atoms with van der Waals surface area (Å²) in [7, 11) is 0. The van der Waals surface area contributed by atoms with E-state index in [-0.39, 0.29) is 0 Å². The maximum Gasteiger partial charge on any atom is 0.0472 e. The van der Waals surface area contributed by atoms with Crippen molar-refractivity contribution >= 4 is 5.57 Å². The van der Waals surface area contributed by atoms with Gasteiger partial charge in [0.1, 0.15) is 0 Å². The lowest BCUT2D eigenvalue weighted by atomic mass is 9.89. The minimum Gasteiger partial charge on any atom is -0.347 e. The highest BCUT2D eigenvalue weighted by Crippen LogP contribution is 2.28. The van der Waals surface area contributed by atoms with Crippen LogP contribution in [0.2, 0.25) is 0 Å². The Morgan fingerprint density at radius 1 is 1.04 bits per heavy atom. The second kappa shape index (κ2) is 11.1. The van der Waals surface area contributed by atoms with E-state index in [2.05, 4.69) is 103 Å². The van der Waals surface area contributed by atoms with Crippen LogP contribution >= 0.6 is 0 Å². The van der Waals surface area contributed by atoms with Crippen LogP contribution < -0.4 is 0 Å². The molecule has 0 aliphatic rings. The van der Waals surface area contributed by atoms with Crippen LogP contribution in [-0.2, 0) is 6.54 Å². The van der Waals surface area contributed by atoms with Gasteiger partial charge in [0.25, 0.3) is 0 Å². The molecule has 0 aromatic heterocycles. The quantitative estimate of drug-likeness (QED) is 0.437. The summed E-state index contributed by atoms with van der Waals surface area (Å²) in [5, 5.41) is 0. The molecule has 0 aliphatic heterocycles. The first-order chi connectivity index (χ1) is 12.4. The van der Waals surface area contributed by atoms with Gasteiger partial charge in [0, 0.05) is 12.2 Å². The van der Waals surface area contributed by atoms with Crippen molar-refractivity contribution in [2.24, 2.45) is 11.8 Å². The Morgan fingerprint density at radius 2 is 1.65 bits per heavy atom. The van der Waals surface area contributed by atoms with Gasteiger partial charge in [-0.2, -0.15) is 0 Å². The van der Waals surface area contributed by atoms with Gasteiger partial charge in [-0.15, -0.1) is 0 Å². The summed E-state index contributed by atoms with van der Waals surface area (Å²) >= 11 is 0. The highest BCUT2D eigenvalue weighted by Gasteiger charge is 2.12. The van der Waals surface area contributed by atoms with Gasteiger partial charge in [0.2, 0.25) is 0 Å². The van der Waals surface area contributed by atoms with Gasteiger partial charge in [-0.3, -0.25) is 0 Å². The zero-order chi connectivity index (χ0) is 19.7. The molecule has 0 saturated carbocycles. The first-order valence-corrected chi connectivity index (χ1v) is 10.2. The second-order valence-corrected chi connectivity index (χ2v) is 7.50. The maximum atomic E-state index is 2.36. The third-order valence-corrected chi connectivity index (χ3v) is 5.38. The minimum absolute atomic E-state index is 0.517. The Hall–Kier alpha value is -1.76. The van der Waals surface area contributed by atoms with Crippen molar-refractivity contribution in [3.05, 3.63) is 65.0 Å². The van der Waals surface area contributed by atoms with Gasteiger partial charge in [0.15, 0.2) is 0 Å². The molecule has 0 bridgehead atoms. The molecular formula is C25H39N. The van der Waals surface area contributed by atoms with Gasteiger partial charge in [-0.1, -0.05) is 76.6 Å². The van der Waals surface area contributed by atoms with Gasteiger partial charge in [-0.25, -0.2) is 0 Å². The van der Waals surface area contributed by atoms with Crippen molar-refractivity contribution in [2.75, 3.05) is 0 Å². The molecule has 0 fully saturated rings. The van der Waals surface area contributed by atoms with Crippen LogP contribution in [0.4, 0.5) is 0 Å². The lowest BCUT2D eigenvalue weighted by Crippen LogP contribution is -2.19. The lowest BCUT2D eigenvalue weighted by molar-refractivity contribution is 0.406. The van der Waals surface area contributed by atoms with Crippen molar-refractivity contribution in [1.82, 2.24) is 4.90 Å². The van der Waals surface area contributed by atoms with E-state index in [0.29, 0.717) is 11.8 Å². The van der Waals surface area contributed by atoms with Crippen molar-refractivity contribution in [1.29, 1.82) is 0 Å². The average molecular weight is 354 g/mol. The summed E-state index contributed by atoms with van der Waals surface area (Å²) in [6.45, 7) is 18.8. The van der Waals surface area contributed by atoms with Gasteiger partial charge >= 0.3 is 0 Å². The van der Waals surface area contributed by atoms with Crippen LogP contribution in [0.3, 0.4) is 0 Å². The van der Waals surface area contributed by atoms with E-state index in [1.54, 1.807) is 0 Å². The molecule has 0 N–H and O–H groups in total. The molecule has 0 aliphatic carbocycles. The maximum absolute atomic E-state index is 2.36. The number of hydrogen-bond donors (Lipinski definition) is 0. The molecule has 1 atom stereocenters. The molecule has 1 aromatic carbocycles. The van der Waals surface area contributed by atoms with E-state index in [1.807, 2.05) is 0 Å². The van der Waals surface area contributed by atoms with Crippen LogP contribution in [0.15, 0.2) is 53.9 Å². The molecule has 0 radical (unpaired) electrons. The zero-order valence-corrected chi connectivity index (χ0v) is 18.3. The van der Waals surface area contributed by atoms with Crippen LogP contribution in [0.5, 0.6) is 0 Å². The molecule has 1 nitrogen and oxygen atoms in total. The fourth-order valence-corrected chi connectivity index (χ4v) is 3.56. The summed E-state index contributed by atoms with van der Waals surface area (Å²) in [6.07, 6.45) is 8.83. The molecule has 1 unspecified atom stereocenters. The molecule has 1 aromatic rings. The summed E-state index contributed by atoms with van der Waals surface area (Å²) in [5.74, 6) is 1.17. The lowest BCUT2D eigenvalue weighted by Gasteiger charge is -2.26. The van der Waals surface area contributed by atoms with Crippen LogP contribution in [0.1, 0.15) is 79.4 Å². The number of hydrogen-bond acceptors (Lipinski definition) is 1. The average Bonchev–Trinajstić information content (AvgIpc) is 2.63. The highest BCUT2D eigenvalue weighted by atomic mass is 15.1. The van der Waals surface area contributed by atoms with Crippen LogP contribution in [0, 0.1) is 11.8 Å². The molecule has 0 spiro atoms. The standard InChI is InChI=1S/C25H39N/c1-9-17-26(25(12-4)19(5)6)18-22-13-15-23(16-14-22)24(11-3)21(8)20(7)10-2/h9,12-17,19-20H,10-11,18H2,1-8H3/b17-9-,24-21-,25-12?. The Balaban J connectivity index is 3.09. The smallest absolute Gasteiger partial charge is 0.0472 e. The molecule has 0 heterocycles. The van der Waals surface area contributed by atoms with Gasteiger partial charge in [-0.05, 0) is 68.3 Å². The molecule has 1 rings (SSSR count). The first kappa shape index (κ1) is 22.3. The fourth-order valence-electron chi connectivity index (χ4n) is 3.56. The van der Waals surface area contributed by atoms with E-state index in [9.17, 15) is 0 Å². The Labute approximate surface area is 162 Å². The first-order valence-electron chi connectivity index (χ1n) is 10.2. The topological polar surface area (TPSA) is 3.24 Å². The monoisotopic (exact) mass is 353 g/mol. The highest BCUT2D eigenvalue weighted by molar-refractivity contribution is 5.68. The fraction of sp³-hybridized carbons (Fsp3) is 0.520. The van der Waals surface area contributed by atoms with Crippen molar-refractivity contribution in [3.63, 3.8) is 0 Å². The molecule has 0 saturated heterocycles. The summed E-state index contributed by atoms with van der Waals surface area (Å²) in [5.41, 5.74) is 7.14. The minimum atomic E-state index is 0.517. The predicted octanol–water partition coefficient (Wildman–Crippen LogP) is 7.81. The summed E-state index contributed by atoms with van der Waals surface area (Å²) < 4.78 is 0. The Bertz CT molecular complexity index is 629. The summed E-state index contributed by atoms with van der Waals surface area (Å²) in [6, 6.07) is 9.19. The van der Waals surface area contributed by atoms with E-state index in [4.69, 9.17) is 0 Å². The molecule has 0 amide bonds. The largest absolute Gasteiger partial charge is 0.347 e. The SMILES string of the molecule is CC=C(C(C)C)N(/C=C\C)Cc1ccc(/C(CC)=C(/C)C(C)CC)cc1. The van der Waals surface area contributed by atoms with Crippen molar-refractivity contribution in [3.8, 4) is 0 Å². The van der Waals surface area contributed by atoms with E-state index < -0.39 is 0 Å². The zero-order valence-electron chi connectivity index (χ0n) is 18.3. The van der Waals surface area contributed by atoms with Gasteiger partial charge in [0.05, 0.1) is 0 Å². The third-order valence-electron chi connectivity index (χ3n) is 5.38. The Morgan fingerprint density at radius 3 is 2.08 bits per heavy atom. The van der Waals surface area contributed by atoms with Crippen molar-refractivity contribution in [2.45, 2.75) is 74.8 Å². The normalized spacial score (nSPS) is 14.7. The molecule has 1 heteroatoms. The van der Waals surface area contributed by atoms with E-state index >= 15 is 0 Å². The third kappa shape index (κ3) is 5.90.